The normalized spacial score (nSPS) is 15.5. The minimum Gasteiger partial charge on any atom is -0.355 e. The Bertz CT molecular complexity index is 220. The first kappa shape index (κ1) is 21.3. The summed E-state index contributed by atoms with van der Waals surface area (Å²) in [6.07, 6.45) is 2.99. The third-order valence-corrected chi connectivity index (χ3v) is 3.58. The summed E-state index contributed by atoms with van der Waals surface area (Å²) in [6, 6.07) is 0. The number of carbonyl (C=O) groups excluding carboxylic acids is 1. The number of amides is 1. The number of nitrogens with one attached hydrogen (secondary N) is 2. The number of hydrogen-bond donors (Lipinski definition) is 2. The summed E-state index contributed by atoms with van der Waals surface area (Å²) in [5, 5.41) is 6.35. The zero-order valence-electron chi connectivity index (χ0n) is 12.1. The van der Waals surface area contributed by atoms with Crippen molar-refractivity contribution in [3.8, 4) is 0 Å². The molecule has 0 aromatic heterocycles. The van der Waals surface area contributed by atoms with Crippen molar-refractivity contribution in [1.82, 2.24) is 15.5 Å². The monoisotopic (exact) mass is 313 g/mol. The van der Waals surface area contributed by atoms with Crippen molar-refractivity contribution in [3.63, 3.8) is 0 Å². The number of rotatable bonds is 7. The van der Waals surface area contributed by atoms with Gasteiger partial charge in [0.1, 0.15) is 0 Å². The minimum atomic E-state index is 0. The van der Waals surface area contributed by atoms with Gasteiger partial charge in [0.25, 0.3) is 0 Å². The van der Waals surface area contributed by atoms with Crippen LogP contribution in [0.3, 0.4) is 0 Å². The Labute approximate surface area is 129 Å². The third kappa shape index (κ3) is 9.50. The van der Waals surface area contributed by atoms with Crippen LogP contribution < -0.4 is 10.6 Å². The van der Waals surface area contributed by atoms with Gasteiger partial charge in [0.2, 0.25) is 5.91 Å². The molecule has 0 unspecified atom stereocenters. The smallest absolute Gasteiger partial charge is 0.220 e. The molecule has 0 aromatic carbocycles. The molecule has 1 aliphatic heterocycles. The lowest BCUT2D eigenvalue weighted by molar-refractivity contribution is -0.122. The van der Waals surface area contributed by atoms with E-state index in [0.29, 0.717) is 12.3 Å². The predicted molar refractivity (Wildman–Crippen MR) is 85.5 cm³/mol. The Kier molecular flexibility index (Phi) is 14.5. The molecule has 0 spiro atoms. The first-order valence-corrected chi connectivity index (χ1v) is 6.96. The second-order valence-electron chi connectivity index (χ2n) is 4.77. The van der Waals surface area contributed by atoms with E-state index in [2.05, 4.69) is 29.4 Å². The quantitative estimate of drug-likeness (QED) is 0.751. The van der Waals surface area contributed by atoms with Crippen molar-refractivity contribution in [2.75, 3.05) is 39.3 Å². The van der Waals surface area contributed by atoms with Crippen LogP contribution in [0, 0.1) is 5.92 Å². The van der Waals surface area contributed by atoms with Gasteiger partial charge in [-0.2, -0.15) is 0 Å². The molecule has 2 N–H and O–H groups in total. The molecule has 6 heteroatoms. The molecule has 1 saturated heterocycles. The first-order chi connectivity index (χ1) is 8.26. The SMILES string of the molecule is CCN(CC)CCNC(=O)CC1CCNCC1.Cl.Cl. The number of halogens is 2. The van der Waals surface area contributed by atoms with Crippen molar-refractivity contribution in [3.05, 3.63) is 0 Å². The highest BCUT2D eigenvalue weighted by Crippen LogP contribution is 2.15. The van der Waals surface area contributed by atoms with Crippen molar-refractivity contribution >= 4 is 30.7 Å². The number of hydrogen-bond acceptors (Lipinski definition) is 3. The molecule has 0 saturated carbocycles. The molecule has 0 aromatic rings. The molecule has 1 fully saturated rings. The van der Waals surface area contributed by atoms with Crippen molar-refractivity contribution in [2.45, 2.75) is 33.1 Å². The molecule has 4 nitrogen and oxygen atoms in total. The van der Waals surface area contributed by atoms with Crippen LogP contribution >= 0.6 is 24.8 Å². The molecule has 1 heterocycles. The van der Waals surface area contributed by atoms with Crippen LogP contribution in [0.5, 0.6) is 0 Å². The maximum Gasteiger partial charge on any atom is 0.220 e. The molecule has 0 aliphatic carbocycles. The highest BCUT2D eigenvalue weighted by Gasteiger charge is 2.16. The van der Waals surface area contributed by atoms with E-state index < -0.39 is 0 Å². The van der Waals surface area contributed by atoms with Gasteiger partial charge in [-0.05, 0) is 44.9 Å². The largest absolute Gasteiger partial charge is 0.355 e. The van der Waals surface area contributed by atoms with E-state index in [1.807, 2.05) is 0 Å². The molecular formula is C13H29Cl2N3O. The first-order valence-electron chi connectivity index (χ1n) is 6.96. The van der Waals surface area contributed by atoms with E-state index >= 15 is 0 Å². The van der Waals surface area contributed by atoms with E-state index in [0.717, 1.165) is 52.1 Å². The number of piperidine rings is 1. The average Bonchev–Trinajstić information content (AvgIpc) is 2.36. The van der Waals surface area contributed by atoms with E-state index in [-0.39, 0.29) is 30.7 Å². The molecule has 1 aliphatic rings. The minimum absolute atomic E-state index is 0. The molecule has 1 rings (SSSR count). The van der Waals surface area contributed by atoms with Crippen LogP contribution in [0.15, 0.2) is 0 Å². The maximum absolute atomic E-state index is 11.7. The third-order valence-electron chi connectivity index (χ3n) is 3.58. The summed E-state index contributed by atoms with van der Waals surface area (Å²) < 4.78 is 0. The lowest BCUT2D eigenvalue weighted by Crippen LogP contribution is -2.36. The fraction of sp³-hybridized carbons (Fsp3) is 0.923. The molecule has 0 atom stereocenters. The Hall–Kier alpha value is -0.0300. The standard InChI is InChI=1S/C13H27N3O.2ClH/c1-3-16(4-2)10-9-15-13(17)11-12-5-7-14-8-6-12;;/h12,14H,3-11H2,1-2H3,(H,15,17);2*1H. The Morgan fingerprint density at radius 1 is 1.21 bits per heavy atom. The van der Waals surface area contributed by atoms with Crippen LogP contribution in [0.4, 0.5) is 0 Å². The summed E-state index contributed by atoms with van der Waals surface area (Å²) in [7, 11) is 0. The topological polar surface area (TPSA) is 44.4 Å². The summed E-state index contributed by atoms with van der Waals surface area (Å²) in [5.41, 5.74) is 0. The van der Waals surface area contributed by atoms with E-state index in [9.17, 15) is 4.79 Å². The van der Waals surface area contributed by atoms with Crippen LogP contribution in [0.2, 0.25) is 0 Å². The van der Waals surface area contributed by atoms with Crippen LogP contribution in [0.1, 0.15) is 33.1 Å². The molecule has 19 heavy (non-hydrogen) atoms. The lowest BCUT2D eigenvalue weighted by atomic mass is 9.94. The lowest BCUT2D eigenvalue weighted by Gasteiger charge is -2.22. The van der Waals surface area contributed by atoms with Gasteiger partial charge in [-0.3, -0.25) is 4.79 Å². The highest BCUT2D eigenvalue weighted by molar-refractivity contribution is 5.85. The average molecular weight is 314 g/mol. The molecule has 116 valence electrons. The van der Waals surface area contributed by atoms with Crippen LogP contribution in [-0.2, 0) is 4.79 Å². The second kappa shape index (κ2) is 13.0. The fourth-order valence-electron chi connectivity index (χ4n) is 2.31. The molecule has 0 radical (unpaired) electrons. The summed E-state index contributed by atoms with van der Waals surface area (Å²) in [4.78, 5) is 14.0. The second-order valence-corrected chi connectivity index (χ2v) is 4.77. The predicted octanol–water partition coefficient (Wildman–Crippen LogP) is 1.68. The zero-order chi connectivity index (χ0) is 12.5. The molecular weight excluding hydrogens is 285 g/mol. The van der Waals surface area contributed by atoms with Gasteiger partial charge in [-0.1, -0.05) is 13.8 Å². The van der Waals surface area contributed by atoms with E-state index in [4.69, 9.17) is 0 Å². The Balaban J connectivity index is 0. The number of carbonyl (C=O) groups is 1. The number of likely N-dealkylation sites (N-methyl/N-ethyl adjacent to an activating group) is 1. The van der Waals surface area contributed by atoms with Crippen LogP contribution in [0.25, 0.3) is 0 Å². The Morgan fingerprint density at radius 2 is 1.79 bits per heavy atom. The molecule has 1 amide bonds. The maximum atomic E-state index is 11.7. The van der Waals surface area contributed by atoms with Crippen molar-refractivity contribution in [2.24, 2.45) is 5.92 Å². The van der Waals surface area contributed by atoms with Gasteiger partial charge in [0.05, 0.1) is 0 Å². The van der Waals surface area contributed by atoms with Gasteiger partial charge in [-0.25, -0.2) is 0 Å². The van der Waals surface area contributed by atoms with Crippen molar-refractivity contribution in [1.29, 1.82) is 0 Å². The van der Waals surface area contributed by atoms with Gasteiger partial charge in [0, 0.05) is 19.5 Å². The molecule has 0 bridgehead atoms. The summed E-state index contributed by atoms with van der Waals surface area (Å²) in [6.45, 7) is 10.3. The Morgan fingerprint density at radius 3 is 2.32 bits per heavy atom. The summed E-state index contributed by atoms with van der Waals surface area (Å²) >= 11 is 0. The van der Waals surface area contributed by atoms with Crippen LogP contribution in [-0.4, -0.2) is 50.1 Å². The zero-order valence-corrected chi connectivity index (χ0v) is 13.7. The fourth-order valence-corrected chi connectivity index (χ4v) is 2.31. The van der Waals surface area contributed by atoms with Gasteiger partial charge in [-0.15, -0.1) is 24.8 Å². The van der Waals surface area contributed by atoms with Gasteiger partial charge in [0.15, 0.2) is 0 Å². The van der Waals surface area contributed by atoms with Crippen molar-refractivity contribution < 1.29 is 4.79 Å². The van der Waals surface area contributed by atoms with E-state index in [1.54, 1.807) is 0 Å². The van der Waals surface area contributed by atoms with Gasteiger partial charge >= 0.3 is 0 Å². The number of nitrogens with zero attached hydrogens (tertiary/aromatic N) is 1. The van der Waals surface area contributed by atoms with Gasteiger partial charge < -0.3 is 15.5 Å². The summed E-state index contributed by atoms with van der Waals surface area (Å²) in [5.74, 6) is 0.814. The highest BCUT2D eigenvalue weighted by atomic mass is 35.5. The van der Waals surface area contributed by atoms with E-state index in [1.165, 1.54) is 0 Å².